The first kappa shape index (κ1) is 12.6. The molecule has 2 atom stereocenters. The van der Waals surface area contributed by atoms with Gasteiger partial charge in [-0.3, -0.25) is 0 Å². The van der Waals surface area contributed by atoms with E-state index in [1.807, 2.05) is 12.1 Å². The van der Waals surface area contributed by atoms with E-state index >= 15 is 0 Å². The Morgan fingerprint density at radius 1 is 1.26 bits per heavy atom. The van der Waals surface area contributed by atoms with Gasteiger partial charge < -0.3 is 5.73 Å². The van der Waals surface area contributed by atoms with Crippen LogP contribution < -0.4 is 5.73 Å². The zero-order valence-corrected chi connectivity index (χ0v) is 11.2. The fraction of sp³-hybridized carbons (Fsp3) is 0.250. The van der Waals surface area contributed by atoms with Crippen LogP contribution in [-0.4, -0.2) is 0 Å². The highest BCUT2D eigenvalue weighted by atomic mass is 35.5. The molecule has 98 valence electrons. The van der Waals surface area contributed by atoms with Gasteiger partial charge in [-0.2, -0.15) is 0 Å². The summed E-state index contributed by atoms with van der Waals surface area (Å²) in [6.07, 6.45) is 1.81. The van der Waals surface area contributed by atoms with Gasteiger partial charge in [0.05, 0.1) is 0 Å². The first-order chi connectivity index (χ1) is 9.15. The van der Waals surface area contributed by atoms with E-state index in [1.54, 1.807) is 12.1 Å². The summed E-state index contributed by atoms with van der Waals surface area (Å²) in [5, 5.41) is 0.405. The maximum Gasteiger partial charge on any atom is 0.129 e. The van der Waals surface area contributed by atoms with Gasteiger partial charge in [0.1, 0.15) is 5.82 Å². The van der Waals surface area contributed by atoms with Crippen molar-refractivity contribution in [2.24, 2.45) is 5.73 Å². The third-order valence-corrected chi connectivity index (χ3v) is 4.10. The molecule has 0 spiro atoms. The molecule has 1 nitrogen and oxygen atoms in total. The molecule has 0 fully saturated rings. The summed E-state index contributed by atoms with van der Waals surface area (Å²) in [6.45, 7) is 0. The number of halogens is 2. The van der Waals surface area contributed by atoms with Crippen LogP contribution in [0.15, 0.2) is 42.5 Å². The van der Waals surface area contributed by atoms with Crippen molar-refractivity contribution >= 4 is 11.6 Å². The number of hydrogen-bond donors (Lipinski definition) is 1. The largest absolute Gasteiger partial charge is 0.324 e. The van der Waals surface area contributed by atoms with Crippen LogP contribution in [0.25, 0.3) is 0 Å². The lowest BCUT2D eigenvalue weighted by Gasteiger charge is -2.32. The summed E-state index contributed by atoms with van der Waals surface area (Å²) >= 11 is 5.75. The van der Waals surface area contributed by atoms with Crippen molar-refractivity contribution in [1.82, 2.24) is 0 Å². The average molecular weight is 276 g/mol. The maximum atomic E-state index is 13.8. The fourth-order valence-electron chi connectivity index (χ4n) is 2.81. The van der Waals surface area contributed by atoms with Crippen molar-refractivity contribution in [1.29, 1.82) is 0 Å². The second-order valence-electron chi connectivity index (χ2n) is 5.11. The Morgan fingerprint density at radius 2 is 2.05 bits per heavy atom. The monoisotopic (exact) mass is 275 g/mol. The summed E-state index contributed by atoms with van der Waals surface area (Å²) in [6, 6.07) is 12.8. The van der Waals surface area contributed by atoms with E-state index in [0.29, 0.717) is 16.5 Å². The molecule has 19 heavy (non-hydrogen) atoms. The molecule has 0 saturated carbocycles. The van der Waals surface area contributed by atoms with Gasteiger partial charge in [-0.25, -0.2) is 4.39 Å². The van der Waals surface area contributed by atoms with Gasteiger partial charge in [-0.15, -0.1) is 0 Å². The molecular formula is C16H15ClFN. The second-order valence-corrected chi connectivity index (χ2v) is 5.54. The highest BCUT2D eigenvalue weighted by molar-refractivity contribution is 6.30. The summed E-state index contributed by atoms with van der Waals surface area (Å²) in [7, 11) is 0. The van der Waals surface area contributed by atoms with Crippen LogP contribution in [0, 0.1) is 5.82 Å². The van der Waals surface area contributed by atoms with E-state index in [-0.39, 0.29) is 11.9 Å². The third kappa shape index (κ3) is 2.38. The van der Waals surface area contributed by atoms with Crippen LogP contribution in [0.5, 0.6) is 0 Å². The van der Waals surface area contributed by atoms with Gasteiger partial charge in [0.25, 0.3) is 0 Å². The van der Waals surface area contributed by atoms with Gasteiger partial charge in [-0.1, -0.05) is 41.9 Å². The van der Waals surface area contributed by atoms with Gasteiger partial charge in [0.15, 0.2) is 0 Å². The molecule has 3 heteroatoms. The zero-order chi connectivity index (χ0) is 13.4. The van der Waals surface area contributed by atoms with Crippen LogP contribution in [-0.2, 0) is 6.42 Å². The number of hydrogen-bond acceptors (Lipinski definition) is 1. The number of rotatable bonds is 3. The average Bonchev–Trinajstić information content (AvgIpc) is 2.35. The molecule has 0 aliphatic heterocycles. The van der Waals surface area contributed by atoms with Crippen molar-refractivity contribution in [3.8, 4) is 0 Å². The SMILES string of the molecule is NC(CC1Cc2ccccc21)c1ccc(Cl)cc1F. The molecule has 0 amide bonds. The van der Waals surface area contributed by atoms with Gasteiger partial charge >= 0.3 is 0 Å². The van der Waals surface area contributed by atoms with Gasteiger partial charge in [-0.05, 0) is 42.0 Å². The van der Waals surface area contributed by atoms with Crippen molar-refractivity contribution in [3.05, 3.63) is 70.0 Å². The van der Waals surface area contributed by atoms with Crippen molar-refractivity contribution in [3.63, 3.8) is 0 Å². The van der Waals surface area contributed by atoms with Crippen molar-refractivity contribution < 1.29 is 4.39 Å². The molecule has 0 aromatic heterocycles. The summed E-state index contributed by atoms with van der Waals surface area (Å²) in [5.74, 6) is 0.133. The topological polar surface area (TPSA) is 26.0 Å². The minimum atomic E-state index is -0.312. The van der Waals surface area contributed by atoms with Crippen LogP contribution >= 0.6 is 11.6 Å². The lowest BCUT2D eigenvalue weighted by atomic mass is 9.74. The molecule has 0 saturated heterocycles. The normalized spacial score (nSPS) is 18.6. The molecule has 2 N–H and O–H groups in total. The summed E-state index contributed by atoms with van der Waals surface area (Å²) in [5.41, 5.74) is 9.42. The first-order valence-corrected chi connectivity index (χ1v) is 6.81. The Balaban J connectivity index is 1.75. The van der Waals surface area contributed by atoms with E-state index in [4.69, 9.17) is 17.3 Å². The quantitative estimate of drug-likeness (QED) is 0.892. The molecule has 2 aromatic rings. The number of benzene rings is 2. The predicted octanol–water partition coefficient (Wildman–Crippen LogP) is 4.21. The smallest absolute Gasteiger partial charge is 0.129 e. The first-order valence-electron chi connectivity index (χ1n) is 6.43. The van der Waals surface area contributed by atoms with Gasteiger partial charge in [0, 0.05) is 16.6 Å². The number of nitrogens with two attached hydrogens (primary N) is 1. The van der Waals surface area contributed by atoms with Crippen molar-refractivity contribution in [2.75, 3.05) is 0 Å². The van der Waals surface area contributed by atoms with Crippen molar-refractivity contribution in [2.45, 2.75) is 24.8 Å². The molecular weight excluding hydrogens is 261 g/mol. The molecule has 0 heterocycles. The summed E-state index contributed by atoms with van der Waals surface area (Å²) in [4.78, 5) is 0. The molecule has 3 rings (SSSR count). The van der Waals surface area contributed by atoms with Crippen LogP contribution in [0.3, 0.4) is 0 Å². The Morgan fingerprint density at radius 3 is 2.79 bits per heavy atom. The van der Waals surface area contributed by atoms with E-state index in [1.165, 1.54) is 17.2 Å². The fourth-order valence-corrected chi connectivity index (χ4v) is 2.97. The Labute approximate surface area is 117 Å². The lowest BCUT2D eigenvalue weighted by Crippen LogP contribution is -2.23. The van der Waals surface area contributed by atoms with Crippen LogP contribution in [0.2, 0.25) is 5.02 Å². The standard InChI is InChI=1S/C16H15ClFN/c17-12-5-6-14(15(18)9-12)16(19)8-11-7-10-3-1-2-4-13(10)11/h1-6,9,11,16H,7-8,19H2. The molecule has 2 aromatic carbocycles. The van der Waals surface area contributed by atoms with Crippen LogP contribution in [0.4, 0.5) is 4.39 Å². The predicted molar refractivity (Wildman–Crippen MR) is 75.8 cm³/mol. The van der Waals surface area contributed by atoms with E-state index in [2.05, 4.69) is 12.1 Å². The Hall–Kier alpha value is -1.38. The molecule has 2 unspecified atom stereocenters. The minimum absolute atomic E-state index is 0.282. The molecule has 0 radical (unpaired) electrons. The highest BCUT2D eigenvalue weighted by Crippen LogP contribution is 2.40. The summed E-state index contributed by atoms with van der Waals surface area (Å²) < 4.78 is 13.8. The Kier molecular flexibility index (Phi) is 3.29. The second kappa shape index (κ2) is 4.95. The van der Waals surface area contributed by atoms with Crippen LogP contribution in [0.1, 0.15) is 35.1 Å². The van der Waals surface area contributed by atoms with E-state index < -0.39 is 0 Å². The molecule has 0 bridgehead atoms. The molecule has 1 aliphatic rings. The third-order valence-electron chi connectivity index (χ3n) is 3.86. The Bertz CT molecular complexity index is 611. The minimum Gasteiger partial charge on any atom is -0.324 e. The highest BCUT2D eigenvalue weighted by Gasteiger charge is 2.28. The lowest BCUT2D eigenvalue weighted by molar-refractivity contribution is 0.481. The maximum absolute atomic E-state index is 13.8. The zero-order valence-electron chi connectivity index (χ0n) is 10.4. The number of fused-ring (bicyclic) bond motifs is 1. The molecule has 1 aliphatic carbocycles. The van der Waals surface area contributed by atoms with Gasteiger partial charge in [0.2, 0.25) is 0 Å². The van der Waals surface area contributed by atoms with E-state index in [9.17, 15) is 4.39 Å². The van der Waals surface area contributed by atoms with E-state index in [0.717, 1.165) is 12.8 Å².